The van der Waals surface area contributed by atoms with E-state index >= 15 is 0 Å². The molecule has 0 spiro atoms. The minimum atomic E-state index is 0.175. The Morgan fingerprint density at radius 1 is 1.25 bits per heavy atom. The summed E-state index contributed by atoms with van der Waals surface area (Å²) in [7, 11) is 0. The van der Waals surface area contributed by atoms with E-state index in [0.29, 0.717) is 13.1 Å². The molecule has 1 aliphatic rings. The number of carbonyl (C=O) groups excluding carboxylic acids is 1. The number of pyridine rings is 1. The molecule has 0 atom stereocenters. The molecule has 0 radical (unpaired) electrons. The number of amides is 1. The number of nitrogens with zero attached hydrogens (tertiary/aromatic N) is 1. The van der Waals surface area contributed by atoms with E-state index in [4.69, 9.17) is 5.73 Å². The number of anilines is 2. The Kier molecular flexibility index (Phi) is 3.41. The fourth-order valence-corrected chi connectivity index (χ4v) is 2.11. The molecule has 1 aromatic heterocycles. The average Bonchev–Trinajstić information content (AvgIpc) is 3.28. The van der Waals surface area contributed by atoms with Gasteiger partial charge in [0, 0.05) is 30.1 Å². The zero-order valence-corrected chi connectivity index (χ0v) is 11.2. The second-order valence-corrected chi connectivity index (χ2v) is 5.14. The van der Waals surface area contributed by atoms with Crippen molar-refractivity contribution in [3.05, 3.63) is 30.3 Å². The molecule has 0 bridgehead atoms. The van der Waals surface area contributed by atoms with Crippen molar-refractivity contribution in [2.45, 2.75) is 12.8 Å². The zero-order valence-electron chi connectivity index (χ0n) is 11.2. The van der Waals surface area contributed by atoms with Gasteiger partial charge in [-0.25, -0.2) is 4.98 Å². The maximum Gasteiger partial charge on any atom is 0.223 e. The van der Waals surface area contributed by atoms with Crippen LogP contribution in [0.1, 0.15) is 12.8 Å². The first kappa shape index (κ1) is 12.7. The van der Waals surface area contributed by atoms with Crippen LogP contribution in [0.15, 0.2) is 30.3 Å². The second kappa shape index (κ2) is 5.36. The van der Waals surface area contributed by atoms with Gasteiger partial charge in [-0.3, -0.25) is 4.79 Å². The van der Waals surface area contributed by atoms with Crippen LogP contribution in [0.3, 0.4) is 0 Å². The van der Waals surface area contributed by atoms with Crippen molar-refractivity contribution in [3.63, 3.8) is 0 Å². The maximum absolute atomic E-state index is 11.5. The number of hydrogen-bond donors (Lipinski definition) is 3. The Morgan fingerprint density at radius 3 is 2.90 bits per heavy atom. The fourth-order valence-electron chi connectivity index (χ4n) is 2.11. The Bertz CT molecular complexity index is 637. The first-order chi connectivity index (χ1) is 9.72. The SMILES string of the molecule is Nc1ccc2nc(NCCNC(=O)C3CC3)ccc2c1. The molecule has 1 saturated carbocycles. The normalized spacial score (nSPS) is 14.2. The summed E-state index contributed by atoms with van der Waals surface area (Å²) in [5.74, 6) is 1.25. The fraction of sp³-hybridized carbons (Fsp3) is 0.333. The van der Waals surface area contributed by atoms with Crippen molar-refractivity contribution in [2.24, 2.45) is 5.92 Å². The summed E-state index contributed by atoms with van der Waals surface area (Å²) in [4.78, 5) is 16.0. The van der Waals surface area contributed by atoms with Crippen molar-refractivity contribution in [1.29, 1.82) is 0 Å². The highest BCUT2D eigenvalue weighted by Crippen LogP contribution is 2.28. The molecule has 1 fully saturated rings. The van der Waals surface area contributed by atoms with Crippen LogP contribution in [0, 0.1) is 5.92 Å². The monoisotopic (exact) mass is 270 g/mol. The van der Waals surface area contributed by atoms with Gasteiger partial charge in [0.1, 0.15) is 5.82 Å². The van der Waals surface area contributed by atoms with Gasteiger partial charge >= 0.3 is 0 Å². The van der Waals surface area contributed by atoms with E-state index in [-0.39, 0.29) is 11.8 Å². The van der Waals surface area contributed by atoms with Crippen LogP contribution in [0.25, 0.3) is 10.9 Å². The van der Waals surface area contributed by atoms with Gasteiger partial charge in [-0.15, -0.1) is 0 Å². The molecule has 20 heavy (non-hydrogen) atoms. The van der Waals surface area contributed by atoms with E-state index in [1.54, 1.807) is 0 Å². The summed E-state index contributed by atoms with van der Waals surface area (Å²) in [6.07, 6.45) is 2.07. The van der Waals surface area contributed by atoms with Gasteiger partial charge in [-0.05, 0) is 43.2 Å². The van der Waals surface area contributed by atoms with E-state index in [1.165, 1.54) is 0 Å². The van der Waals surface area contributed by atoms with E-state index in [9.17, 15) is 4.79 Å². The van der Waals surface area contributed by atoms with Crippen LogP contribution < -0.4 is 16.4 Å². The second-order valence-electron chi connectivity index (χ2n) is 5.14. The molecular formula is C15H18N4O. The lowest BCUT2D eigenvalue weighted by Crippen LogP contribution is -2.29. The highest BCUT2D eigenvalue weighted by Gasteiger charge is 2.28. The molecule has 0 unspecified atom stereocenters. The number of fused-ring (bicyclic) bond motifs is 1. The molecule has 5 nitrogen and oxygen atoms in total. The first-order valence-electron chi connectivity index (χ1n) is 6.90. The quantitative estimate of drug-likeness (QED) is 0.571. The molecule has 104 valence electrons. The van der Waals surface area contributed by atoms with E-state index in [2.05, 4.69) is 15.6 Å². The van der Waals surface area contributed by atoms with Crippen LogP contribution in [0.4, 0.5) is 11.5 Å². The number of rotatable bonds is 5. The van der Waals surface area contributed by atoms with Crippen LogP contribution in [-0.4, -0.2) is 24.0 Å². The molecule has 1 amide bonds. The summed E-state index contributed by atoms with van der Waals surface area (Å²) in [6, 6.07) is 9.57. The van der Waals surface area contributed by atoms with E-state index in [1.807, 2.05) is 30.3 Å². The number of nitrogen functional groups attached to an aromatic ring is 1. The standard InChI is InChI=1S/C15H18N4O/c16-12-4-5-13-11(9-12)3-6-14(19-13)17-7-8-18-15(20)10-1-2-10/h3-6,9-10H,1-2,7-8,16H2,(H,17,19)(H,18,20). The topological polar surface area (TPSA) is 80.0 Å². The number of carbonyl (C=O) groups is 1. The van der Waals surface area contributed by atoms with Gasteiger partial charge in [0.2, 0.25) is 5.91 Å². The number of aromatic nitrogens is 1. The summed E-state index contributed by atoms with van der Waals surface area (Å²) >= 11 is 0. The lowest BCUT2D eigenvalue weighted by Gasteiger charge is -2.08. The van der Waals surface area contributed by atoms with Crippen molar-refractivity contribution in [3.8, 4) is 0 Å². The Balaban J connectivity index is 1.54. The van der Waals surface area contributed by atoms with Crippen molar-refractivity contribution in [1.82, 2.24) is 10.3 Å². The highest BCUT2D eigenvalue weighted by atomic mass is 16.2. The molecule has 4 N–H and O–H groups in total. The molecular weight excluding hydrogens is 252 g/mol. The Morgan fingerprint density at radius 2 is 2.10 bits per heavy atom. The third-order valence-corrected chi connectivity index (χ3v) is 3.39. The molecule has 5 heteroatoms. The van der Waals surface area contributed by atoms with Crippen molar-refractivity contribution in [2.75, 3.05) is 24.1 Å². The predicted octanol–water partition coefficient (Wildman–Crippen LogP) is 1.76. The summed E-state index contributed by atoms with van der Waals surface area (Å²) in [6.45, 7) is 1.29. The minimum absolute atomic E-state index is 0.175. The van der Waals surface area contributed by atoms with Crippen molar-refractivity contribution >= 4 is 28.3 Å². The highest BCUT2D eigenvalue weighted by molar-refractivity contribution is 5.83. The van der Waals surface area contributed by atoms with Crippen LogP contribution in [-0.2, 0) is 4.79 Å². The van der Waals surface area contributed by atoms with Gasteiger partial charge in [-0.1, -0.05) is 0 Å². The third-order valence-electron chi connectivity index (χ3n) is 3.39. The predicted molar refractivity (Wildman–Crippen MR) is 80.4 cm³/mol. The molecule has 1 aromatic carbocycles. The molecule has 1 heterocycles. The van der Waals surface area contributed by atoms with Crippen LogP contribution in [0.2, 0.25) is 0 Å². The van der Waals surface area contributed by atoms with Gasteiger partial charge < -0.3 is 16.4 Å². The van der Waals surface area contributed by atoms with Crippen LogP contribution in [0.5, 0.6) is 0 Å². The van der Waals surface area contributed by atoms with Crippen molar-refractivity contribution < 1.29 is 4.79 Å². The third kappa shape index (κ3) is 2.99. The summed E-state index contributed by atoms with van der Waals surface area (Å²) in [5, 5.41) is 7.15. The summed E-state index contributed by atoms with van der Waals surface area (Å²) in [5.41, 5.74) is 7.38. The average molecular weight is 270 g/mol. The van der Waals surface area contributed by atoms with E-state index < -0.39 is 0 Å². The molecule has 0 aliphatic heterocycles. The molecule has 1 aliphatic carbocycles. The number of nitrogens with one attached hydrogen (secondary N) is 2. The van der Waals surface area contributed by atoms with Gasteiger partial charge in [-0.2, -0.15) is 0 Å². The molecule has 2 aromatic rings. The lowest BCUT2D eigenvalue weighted by molar-refractivity contribution is -0.122. The summed E-state index contributed by atoms with van der Waals surface area (Å²) < 4.78 is 0. The Hall–Kier alpha value is -2.30. The minimum Gasteiger partial charge on any atom is -0.399 e. The lowest BCUT2D eigenvalue weighted by atomic mass is 10.2. The van der Waals surface area contributed by atoms with Gasteiger partial charge in [0.05, 0.1) is 5.52 Å². The number of benzene rings is 1. The van der Waals surface area contributed by atoms with Crippen LogP contribution >= 0.6 is 0 Å². The first-order valence-corrected chi connectivity index (χ1v) is 6.90. The number of nitrogens with two attached hydrogens (primary N) is 1. The zero-order chi connectivity index (χ0) is 13.9. The smallest absolute Gasteiger partial charge is 0.223 e. The largest absolute Gasteiger partial charge is 0.399 e. The van der Waals surface area contributed by atoms with E-state index in [0.717, 1.165) is 35.2 Å². The molecule has 0 saturated heterocycles. The van der Waals surface area contributed by atoms with Gasteiger partial charge in [0.25, 0.3) is 0 Å². The number of hydrogen-bond acceptors (Lipinski definition) is 4. The Labute approximate surface area is 117 Å². The maximum atomic E-state index is 11.5. The van der Waals surface area contributed by atoms with Gasteiger partial charge in [0.15, 0.2) is 0 Å². The molecule has 3 rings (SSSR count).